The largest absolute Gasteiger partial charge is 0.381 e. The predicted octanol–water partition coefficient (Wildman–Crippen LogP) is 1.03. The van der Waals surface area contributed by atoms with Crippen LogP contribution >= 0.6 is 0 Å². The van der Waals surface area contributed by atoms with Crippen molar-refractivity contribution >= 4 is 0 Å². The molecule has 1 N–H and O–H groups in total. The van der Waals surface area contributed by atoms with Gasteiger partial charge in [0.15, 0.2) is 0 Å². The van der Waals surface area contributed by atoms with Crippen LogP contribution in [-0.2, 0) is 4.74 Å². The average molecular weight is 269 g/mol. The SMILES string of the molecule is CCNCC1(CN2CCN(CC)CC2)CCCOC1. The third-order valence-electron chi connectivity index (χ3n) is 4.63. The van der Waals surface area contributed by atoms with Gasteiger partial charge in [-0.25, -0.2) is 0 Å². The first kappa shape index (κ1) is 15.2. The van der Waals surface area contributed by atoms with E-state index in [0.717, 1.165) is 26.3 Å². The van der Waals surface area contributed by atoms with Gasteiger partial charge in [0.05, 0.1) is 6.61 Å². The van der Waals surface area contributed by atoms with Gasteiger partial charge in [0.25, 0.3) is 0 Å². The number of rotatable bonds is 6. The van der Waals surface area contributed by atoms with Crippen LogP contribution < -0.4 is 5.32 Å². The van der Waals surface area contributed by atoms with Gasteiger partial charge in [0.2, 0.25) is 0 Å². The minimum atomic E-state index is 0.350. The summed E-state index contributed by atoms with van der Waals surface area (Å²) in [6, 6.07) is 0. The fraction of sp³-hybridized carbons (Fsp3) is 1.00. The first-order chi connectivity index (χ1) is 9.28. The topological polar surface area (TPSA) is 27.7 Å². The van der Waals surface area contributed by atoms with Crippen molar-refractivity contribution < 1.29 is 4.74 Å². The van der Waals surface area contributed by atoms with E-state index in [4.69, 9.17) is 4.74 Å². The molecule has 0 saturated carbocycles. The summed E-state index contributed by atoms with van der Waals surface area (Å²) in [5, 5.41) is 3.55. The van der Waals surface area contributed by atoms with Crippen molar-refractivity contribution in [2.45, 2.75) is 26.7 Å². The van der Waals surface area contributed by atoms with Crippen LogP contribution in [0.3, 0.4) is 0 Å². The highest BCUT2D eigenvalue weighted by atomic mass is 16.5. The lowest BCUT2D eigenvalue weighted by atomic mass is 9.81. The zero-order valence-electron chi connectivity index (χ0n) is 12.8. The Morgan fingerprint density at radius 2 is 1.84 bits per heavy atom. The van der Waals surface area contributed by atoms with E-state index >= 15 is 0 Å². The molecule has 2 saturated heterocycles. The molecular weight excluding hydrogens is 238 g/mol. The Balaban J connectivity index is 1.85. The van der Waals surface area contributed by atoms with Crippen LogP contribution in [0.2, 0.25) is 0 Å². The van der Waals surface area contributed by atoms with Crippen molar-refractivity contribution in [2.75, 3.05) is 65.6 Å². The third-order valence-corrected chi connectivity index (χ3v) is 4.63. The van der Waals surface area contributed by atoms with Crippen LogP contribution in [0.15, 0.2) is 0 Å². The number of hydrogen-bond acceptors (Lipinski definition) is 4. The van der Waals surface area contributed by atoms with Crippen LogP contribution in [0.5, 0.6) is 0 Å². The number of nitrogens with zero attached hydrogens (tertiary/aromatic N) is 2. The van der Waals surface area contributed by atoms with Crippen LogP contribution in [0, 0.1) is 5.41 Å². The summed E-state index contributed by atoms with van der Waals surface area (Å²) < 4.78 is 5.79. The molecule has 4 heteroatoms. The van der Waals surface area contributed by atoms with Crippen LogP contribution in [-0.4, -0.2) is 75.4 Å². The first-order valence-electron chi connectivity index (χ1n) is 8.01. The van der Waals surface area contributed by atoms with Gasteiger partial charge in [-0.2, -0.15) is 0 Å². The van der Waals surface area contributed by atoms with Gasteiger partial charge in [-0.15, -0.1) is 0 Å². The van der Waals surface area contributed by atoms with E-state index in [-0.39, 0.29) is 0 Å². The number of hydrogen-bond donors (Lipinski definition) is 1. The molecule has 0 amide bonds. The molecule has 2 rings (SSSR count). The highest BCUT2D eigenvalue weighted by Crippen LogP contribution is 2.29. The van der Waals surface area contributed by atoms with Crippen molar-refractivity contribution in [2.24, 2.45) is 5.41 Å². The van der Waals surface area contributed by atoms with E-state index in [9.17, 15) is 0 Å². The van der Waals surface area contributed by atoms with Crippen LogP contribution in [0.4, 0.5) is 0 Å². The van der Waals surface area contributed by atoms with Crippen molar-refractivity contribution in [3.05, 3.63) is 0 Å². The second-order valence-corrected chi connectivity index (χ2v) is 6.15. The minimum absolute atomic E-state index is 0.350. The standard InChI is InChI=1S/C15H31N3O/c1-3-16-12-15(6-5-11-19-14-15)13-18-9-7-17(4-2)8-10-18/h16H,3-14H2,1-2H3. The maximum atomic E-state index is 5.79. The highest BCUT2D eigenvalue weighted by molar-refractivity contribution is 4.88. The first-order valence-corrected chi connectivity index (χ1v) is 8.01. The molecule has 0 aromatic carbocycles. The molecule has 0 spiro atoms. The van der Waals surface area contributed by atoms with Gasteiger partial charge in [-0.05, 0) is 25.9 Å². The molecule has 0 aliphatic carbocycles. The lowest BCUT2D eigenvalue weighted by molar-refractivity contribution is -0.0323. The second-order valence-electron chi connectivity index (χ2n) is 6.15. The van der Waals surface area contributed by atoms with Crippen molar-refractivity contribution in [1.29, 1.82) is 0 Å². The summed E-state index contributed by atoms with van der Waals surface area (Å²) in [5.41, 5.74) is 0.350. The van der Waals surface area contributed by atoms with E-state index in [2.05, 4.69) is 29.0 Å². The quantitative estimate of drug-likeness (QED) is 0.779. The van der Waals surface area contributed by atoms with Crippen molar-refractivity contribution in [1.82, 2.24) is 15.1 Å². The normalized spacial score (nSPS) is 30.6. The smallest absolute Gasteiger partial charge is 0.0546 e. The van der Waals surface area contributed by atoms with E-state index in [1.807, 2.05) is 0 Å². The Kier molecular flexibility index (Phi) is 6.07. The maximum Gasteiger partial charge on any atom is 0.0546 e. The Hall–Kier alpha value is -0.160. The summed E-state index contributed by atoms with van der Waals surface area (Å²) in [6.45, 7) is 15.8. The summed E-state index contributed by atoms with van der Waals surface area (Å²) in [6.07, 6.45) is 2.54. The third kappa shape index (κ3) is 4.42. The van der Waals surface area contributed by atoms with E-state index < -0.39 is 0 Å². The summed E-state index contributed by atoms with van der Waals surface area (Å²) in [5.74, 6) is 0. The molecule has 0 bridgehead atoms. The number of nitrogens with one attached hydrogen (secondary N) is 1. The molecule has 4 nitrogen and oxygen atoms in total. The Bertz CT molecular complexity index is 246. The van der Waals surface area contributed by atoms with Gasteiger partial charge in [0.1, 0.15) is 0 Å². The maximum absolute atomic E-state index is 5.79. The van der Waals surface area contributed by atoms with Gasteiger partial charge in [-0.1, -0.05) is 13.8 Å². The Morgan fingerprint density at radius 1 is 1.11 bits per heavy atom. The molecule has 1 unspecified atom stereocenters. The summed E-state index contributed by atoms with van der Waals surface area (Å²) in [7, 11) is 0. The second kappa shape index (κ2) is 7.58. The summed E-state index contributed by atoms with van der Waals surface area (Å²) in [4.78, 5) is 5.20. The minimum Gasteiger partial charge on any atom is -0.381 e. The molecule has 2 aliphatic heterocycles. The highest BCUT2D eigenvalue weighted by Gasteiger charge is 2.35. The number of likely N-dealkylation sites (N-methyl/N-ethyl adjacent to an activating group) is 1. The molecule has 0 aromatic rings. The van der Waals surface area contributed by atoms with Gasteiger partial charge >= 0.3 is 0 Å². The van der Waals surface area contributed by atoms with E-state index in [0.29, 0.717) is 5.41 Å². The Labute approximate surface area is 118 Å². The molecule has 19 heavy (non-hydrogen) atoms. The molecule has 2 heterocycles. The zero-order valence-corrected chi connectivity index (χ0v) is 12.8. The molecule has 2 aliphatic rings. The van der Waals surface area contributed by atoms with Crippen molar-refractivity contribution in [3.63, 3.8) is 0 Å². The van der Waals surface area contributed by atoms with Gasteiger partial charge in [0, 0.05) is 51.3 Å². The number of ether oxygens (including phenoxy) is 1. The monoisotopic (exact) mass is 269 g/mol. The molecule has 0 aromatic heterocycles. The average Bonchev–Trinajstić information content (AvgIpc) is 2.47. The Morgan fingerprint density at radius 3 is 2.42 bits per heavy atom. The lowest BCUT2D eigenvalue weighted by Crippen LogP contribution is -2.54. The van der Waals surface area contributed by atoms with Crippen LogP contribution in [0.1, 0.15) is 26.7 Å². The zero-order chi connectivity index (χ0) is 13.6. The van der Waals surface area contributed by atoms with Gasteiger partial charge < -0.3 is 19.9 Å². The molecule has 0 radical (unpaired) electrons. The van der Waals surface area contributed by atoms with E-state index in [1.165, 1.54) is 52.1 Å². The van der Waals surface area contributed by atoms with Crippen molar-refractivity contribution in [3.8, 4) is 0 Å². The fourth-order valence-electron chi connectivity index (χ4n) is 3.36. The summed E-state index contributed by atoms with van der Waals surface area (Å²) >= 11 is 0. The molecule has 112 valence electrons. The molecule has 1 atom stereocenters. The van der Waals surface area contributed by atoms with Crippen LogP contribution in [0.25, 0.3) is 0 Å². The molecular formula is C15H31N3O. The van der Waals surface area contributed by atoms with E-state index in [1.54, 1.807) is 0 Å². The lowest BCUT2D eigenvalue weighted by Gasteiger charge is -2.43. The molecule has 2 fully saturated rings. The fourth-order valence-corrected chi connectivity index (χ4v) is 3.36. The predicted molar refractivity (Wildman–Crippen MR) is 79.6 cm³/mol. The number of piperazine rings is 1. The van der Waals surface area contributed by atoms with Gasteiger partial charge in [-0.3, -0.25) is 0 Å².